The Balaban J connectivity index is 1.28. The van der Waals surface area contributed by atoms with Crippen molar-refractivity contribution in [2.45, 2.75) is 65.2 Å². The molecule has 6 heteroatoms. The van der Waals surface area contributed by atoms with E-state index in [1.54, 1.807) is 13.8 Å². The Labute approximate surface area is 262 Å². The Hall–Kier alpha value is -3.54. The summed E-state index contributed by atoms with van der Waals surface area (Å²) in [5, 5.41) is 0. The van der Waals surface area contributed by atoms with Gasteiger partial charge in [0.05, 0.1) is 26.4 Å². The molecule has 0 amide bonds. The fraction of sp³-hybridized carbons (Fsp3) is 0.526. The molecule has 236 valence electrons. The molecule has 4 bridgehead atoms. The Morgan fingerprint density at radius 3 is 1.36 bits per heavy atom. The van der Waals surface area contributed by atoms with E-state index in [1.807, 2.05) is 13.8 Å². The van der Waals surface area contributed by atoms with Crippen LogP contribution in [-0.2, 0) is 24.5 Å². The molecule has 0 heterocycles. The summed E-state index contributed by atoms with van der Waals surface area (Å²) in [6.45, 7) is 16.1. The van der Waals surface area contributed by atoms with Crippen molar-refractivity contribution in [1.29, 1.82) is 0 Å². The third kappa shape index (κ3) is 6.90. The van der Waals surface area contributed by atoms with Crippen LogP contribution in [0.2, 0.25) is 0 Å². The average molecular weight is 601 g/mol. The van der Waals surface area contributed by atoms with E-state index in [-0.39, 0.29) is 29.2 Å². The standard InChI is InChI=1S/C38H48O6/c1-24(2)36(39)43-22-26(5)20-41-34-11-7-30(8-12-34)38(32-16-28-15-29(18-32)19-33(38)17-28)31-9-13-35(14-10-31)42-21-27(6)23-44-37(40)25(3)4/h7-14,26-29,32-33H,1,3,15-23H2,2,4-6H3/t26-,27+,28?,29?,32?,33?,38?. The SMILES string of the molecule is C=C(C)C(=O)OC[C@@H](C)COc1ccc(C2(c3ccc(OC[C@@H](C)COC(=O)C(=C)C)cc3)C3CC4CC(C3)CC2C4)cc1. The lowest BCUT2D eigenvalue weighted by molar-refractivity contribution is -0.141. The molecule has 0 saturated heterocycles. The number of hydrogen-bond donors (Lipinski definition) is 0. The lowest BCUT2D eigenvalue weighted by Gasteiger charge is -2.62. The molecule has 0 N–H and O–H groups in total. The smallest absolute Gasteiger partial charge is 0.333 e. The van der Waals surface area contributed by atoms with Gasteiger partial charge in [-0.05, 0) is 105 Å². The second kappa shape index (κ2) is 13.6. The maximum absolute atomic E-state index is 11.7. The molecule has 0 unspecified atom stereocenters. The first kappa shape index (κ1) is 31.9. The maximum Gasteiger partial charge on any atom is 0.333 e. The molecule has 6 rings (SSSR count). The lowest BCUT2D eigenvalue weighted by atomic mass is 9.42. The van der Waals surface area contributed by atoms with E-state index >= 15 is 0 Å². The highest BCUT2D eigenvalue weighted by atomic mass is 16.5. The van der Waals surface area contributed by atoms with Crippen LogP contribution in [0.4, 0.5) is 0 Å². The molecule has 2 aromatic rings. The summed E-state index contributed by atoms with van der Waals surface area (Å²) in [6, 6.07) is 17.5. The summed E-state index contributed by atoms with van der Waals surface area (Å²) in [6.07, 6.45) is 6.59. The second-order valence-corrected chi connectivity index (χ2v) is 13.8. The molecular formula is C38H48O6. The molecule has 4 saturated carbocycles. The van der Waals surface area contributed by atoms with Gasteiger partial charge in [0.2, 0.25) is 0 Å². The van der Waals surface area contributed by atoms with Gasteiger partial charge in [-0.25, -0.2) is 9.59 Å². The van der Waals surface area contributed by atoms with Crippen LogP contribution < -0.4 is 9.47 Å². The molecule has 0 radical (unpaired) electrons. The van der Waals surface area contributed by atoms with Crippen molar-refractivity contribution in [1.82, 2.24) is 0 Å². The Kier molecular flexibility index (Phi) is 9.87. The molecular weight excluding hydrogens is 552 g/mol. The van der Waals surface area contributed by atoms with Crippen molar-refractivity contribution in [3.63, 3.8) is 0 Å². The van der Waals surface area contributed by atoms with E-state index in [9.17, 15) is 9.59 Å². The van der Waals surface area contributed by atoms with Gasteiger partial charge in [-0.15, -0.1) is 0 Å². The lowest BCUT2D eigenvalue weighted by Crippen LogP contribution is -2.56. The van der Waals surface area contributed by atoms with Crippen LogP contribution in [0.1, 0.15) is 70.9 Å². The highest BCUT2D eigenvalue weighted by Gasteiger charge is 2.58. The zero-order valence-corrected chi connectivity index (χ0v) is 26.8. The normalized spacial score (nSPS) is 26.4. The third-order valence-corrected chi connectivity index (χ3v) is 9.85. The molecule has 0 aromatic heterocycles. The predicted molar refractivity (Wildman–Crippen MR) is 172 cm³/mol. The Morgan fingerprint density at radius 2 is 1.02 bits per heavy atom. The molecule has 6 nitrogen and oxygen atoms in total. The summed E-state index contributed by atoms with van der Waals surface area (Å²) < 4.78 is 22.8. The fourth-order valence-corrected chi connectivity index (χ4v) is 7.95. The zero-order valence-electron chi connectivity index (χ0n) is 26.8. The Morgan fingerprint density at radius 1 is 0.659 bits per heavy atom. The Bertz CT molecular complexity index is 1230. The van der Waals surface area contributed by atoms with Crippen molar-refractivity contribution in [2.24, 2.45) is 35.5 Å². The number of carbonyl (C=O) groups excluding carboxylic acids is 2. The monoisotopic (exact) mass is 600 g/mol. The summed E-state index contributed by atoms with van der Waals surface area (Å²) >= 11 is 0. The van der Waals surface area contributed by atoms with Gasteiger partial charge in [-0.2, -0.15) is 0 Å². The highest BCUT2D eigenvalue weighted by Crippen LogP contribution is 2.65. The average Bonchev–Trinajstić information content (AvgIpc) is 3.01. The van der Waals surface area contributed by atoms with Gasteiger partial charge in [0.1, 0.15) is 11.5 Å². The van der Waals surface area contributed by atoms with Gasteiger partial charge in [0.15, 0.2) is 0 Å². The van der Waals surface area contributed by atoms with Gasteiger partial charge >= 0.3 is 11.9 Å². The first-order valence-corrected chi connectivity index (χ1v) is 16.2. The number of ether oxygens (including phenoxy) is 4. The van der Waals surface area contributed by atoms with Crippen molar-refractivity contribution in [2.75, 3.05) is 26.4 Å². The molecule has 44 heavy (non-hydrogen) atoms. The number of benzene rings is 2. The zero-order chi connectivity index (χ0) is 31.4. The van der Waals surface area contributed by atoms with Crippen LogP contribution in [0, 0.1) is 35.5 Å². The fourth-order valence-electron chi connectivity index (χ4n) is 7.95. The molecule has 4 aliphatic carbocycles. The van der Waals surface area contributed by atoms with Crippen LogP contribution in [0.25, 0.3) is 0 Å². The van der Waals surface area contributed by atoms with E-state index < -0.39 is 0 Å². The highest BCUT2D eigenvalue weighted by molar-refractivity contribution is 5.87. The van der Waals surface area contributed by atoms with E-state index in [0.717, 1.165) is 23.3 Å². The van der Waals surface area contributed by atoms with Crippen LogP contribution in [0.3, 0.4) is 0 Å². The van der Waals surface area contributed by atoms with Crippen LogP contribution in [0.5, 0.6) is 11.5 Å². The van der Waals surface area contributed by atoms with Crippen LogP contribution in [0.15, 0.2) is 72.8 Å². The largest absolute Gasteiger partial charge is 0.493 e. The third-order valence-electron chi connectivity index (χ3n) is 9.85. The minimum atomic E-state index is -0.363. The van der Waals surface area contributed by atoms with E-state index in [0.29, 0.717) is 49.4 Å². The molecule has 0 spiro atoms. The first-order chi connectivity index (χ1) is 21.1. The number of rotatable bonds is 14. The summed E-state index contributed by atoms with van der Waals surface area (Å²) in [7, 11) is 0. The molecule has 0 aliphatic heterocycles. The molecule has 2 atom stereocenters. The van der Waals surface area contributed by atoms with E-state index in [4.69, 9.17) is 18.9 Å². The van der Waals surface area contributed by atoms with Gasteiger partial charge in [-0.1, -0.05) is 51.3 Å². The molecule has 4 aliphatic rings. The number of carbonyl (C=O) groups is 2. The predicted octanol–water partition coefficient (Wildman–Crippen LogP) is 7.70. The summed E-state index contributed by atoms with van der Waals surface area (Å²) in [5.41, 5.74) is 3.55. The van der Waals surface area contributed by atoms with Gasteiger partial charge in [0.25, 0.3) is 0 Å². The summed E-state index contributed by atoms with van der Waals surface area (Å²) in [4.78, 5) is 23.4. The van der Waals surface area contributed by atoms with Gasteiger partial charge < -0.3 is 18.9 Å². The first-order valence-electron chi connectivity index (χ1n) is 16.2. The second-order valence-electron chi connectivity index (χ2n) is 13.8. The molecule has 4 fully saturated rings. The maximum atomic E-state index is 11.7. The van der Waals surface area contributed by atoms with E-state index in [1.165, 1.54) is 43.2 Å². The van der Waals surface area contributed by atoms with E-state index in [2.05, 4.69) is 61.7 Å². The molecule has 2 aromatic carbocycles. The quantitative estimate of drug-likeness (QED) is 0.164. The number of esters is 2. The van der Waals surface area contributed by atoms with Crippen LogP contribution in [-0.4, -0.2) is 38.4 Å². The summed E-state index contributed by atoms with van der Waals surface area (Å²) in [5.74, 6) is 4.05. The minimum absolute atomic E-state index is 0.0153. The van der Waals surface area contributed by atoms with Crippen molar-refractivity contribution >= 4 is 11.9 Å². The minimum Gasteiger partial charge on any atom is -0.493 e. The van der Waals surface area contributed by atoms with Gasteiger partial charge in [0, 0.05) is 28.4 Å². The number of hydrogen-bond acceptors (Lipinski definition) is 6. The van der Waals surface area contributed by atoms with Crippen LogP contribution >= 0.6 is 0 Å². The van der Waals surface area contributed by atoms with Gasteiger partial charge in [-0.3, -0.25) is 0 Å². The van der Waals surface area contributed by atoms with Crippen molar-refractivity contribution in [3.8, 4) is 11.5 Å². The van der Waals surface area contributed by atoms with Crippen molar-refractivity contribution < 1.29 is 28.5 Å². The van der Waals surface area contributed by atoms with Crippen molar-refractivity contribution in [3.05, 3.63) is 84.0 Å². The topological polar surface area (TPSA) is 71.1 Å².